The first-order valence-corrected chi connectivity index (χ1v) is 8.57. The highest BCUT2D eigenvalue weighted by atomic mass is 35.5. The number of thioether (sulfide) groups is 1. The lowest BCUT2D eigenvalue weighted by Crippen LogP contribution is -2.15. The van der Waals surface area contributed by atoms with Crippen molar-refractivity contribution in [3.8, 4) is 6.07 Å². The minimum Gasteiger partial charge on any atom is -0.325 e. The van der Waals surface area contributed by atoms with Gasteiger partial charge in [-0.15, -0.1) is 11.8 Å². The summed E-state index contributed by atoms with van der Waals surface area (Å²) in [5.74, 6) is 0.0601. The van der Waals surface area contributed by atoms with Gasteiger partial charge in [-0.3, -0.25) is 4.79 Å². The number of benzene rings is 2. The van der Waals surface area contributed by atoms with E-state index in [1.54, 1.807) is 24.3 Å². The molecular weight excluding hydrogens is 373 g/mol. The molecule has 2 aromatic rings. The minimum absolute atomic E-state index is 0.0275. The van der Waals surface area contributed by atoms with Crippen molar-refractivity contribution >= 4 is 35.0 Å². The number of nitrogens with one attached hydrogen (secondary N) is 1. The molecule has 2 rings (SSSR count). The summed E-state index contributed by atoms with van der Waals surface area (Å²) in [6.07, 6.45) is -4.59. The topological polar surface area (TPSA) is 52.9 Å². The van der Waals surface area contributed by atoms with Crippen LogP contribution in [0.2, 0.25) is 5.02 Å². The summed E-state index contributed by atoms with van der Waals surface area (Å²) in [6, 6.07) is 12.3. The molecule has 0 fully saturated rings. The van der Waals surface area contributed by atoms with E-state index in [1.807, 2.05) is 0 Å². The van der Waals surface area contributed by atoms with Crippen LogP contribution in [-0.4, -0.2) is 11.7 Å². The Balaban J connectivity index is 1.94. The van der Waals surface area contributed by atoms with Gasteiger partial charge in [0.2, 0.25) is 5.91 Å². The van der Waals surface area contributed by atoms with E-state index < -0.39 is 22.7 Å². The molecule has 0 radical (unpaired) electrons. The second kappa shape index (κ2) is 8.28. The van der Waals surface area contributed by atoms with E-state index in [4.69, 9.17) is 16.9 Å². The van der Waals surface area contributed by atoms with E-state index >= 15 is 0 Å². The fourth-order valence-corrected chi connectivity index (χ4v) is 3.08. The first-order chi connectivity index (χ1) is 11.8. The van der Waals surface area contributed by atoms with Crippen LogP contribution in [0.5, 0.6) is 0 Å². The van der Waals surface area contributed by atoms with Crippen LogP contribution < -0.4 is 5.32 Å². The number of rotatable bonds is 5. The van der Waals surface area contributed by atoms with Gasteiger partial charge in [-0.2, -0.15) is 18.4 Å². The lowest BCUT2D eigenvalue weighted by atomic mass is 10.1. The molecule has 0 aliphatic heterocycles. The highest BCUT2D eigenvalue weighted by Crippen LogP contribution is 2.36. The van der Waals surface area contributed by atoms with Gasteiger partial charge in [0.05, 0.1) is 28.0 Å². The molecule has 1 N–H and O–H groups in total. The number of nitrogens with zero attached hydrogens (tertiary/aromatic N) is 1. The standard InChI is InChI=1S/C17H12ClF3N2OS/c18-15-6-5-13(7-14(15)17(19,20)21)23-16(24)10-25-9-12-4-2-1-3-11(12)8-22/h1-7H,9-10H2,(H,23,24). The summed E-state index contributed by atoms with van der Waals surface area (Å²) in [4.78, 5) is 11.9. The largest absolute Gasteiger partial charge is 0.417 e. The molecule has 0 aliphatic rings. The summed E-state index contributed by atoms with van der Waals surface area (Å²) < 4.78 is 38.4. The van der Waals surface area contributed by atoms with Crippen LogP contribution in [-0.2, 0) is 16.7 Å². The van der Waals surface area contributed by atoms with Crippen molar-refractivity contribution in [3.63, 3.8) is 0 Å². The Hall–Kier alpha value is -2.17. The zero-order valence-electron chi connectivity index (χ0n) is 12.7. The normalized spacial score (nSPS) is 11.0. The van der Waals surface area contributed by atoms with Crippen molar-refractivity contribution in [3.05, 3.63) is 64.2 Å². The minimum atomic E-state index is -4.59. The van der Waals surface area contributed by atoms with Gasteiger partial charge >= 0.3 is 6.18 Å². The summed E-state index contributed by atoms with van der Waals surface area (Å²) in [6.45, 7) is 0. The number of amides is 1. The van der Waals surface area contributed by atoms with Gasteiger partial charge in [-0.25, -0.2) is 0 Å². The van der Waals surface area contributed by atoms with E-state index in [0.29, 0.717) is 11.3 Å². The van der Waals surface area contributed by atoms with Crippen molar-refractivity contribution in [1.82, 2.24) is 0 Å². The van der Waals surface area contributed by atoms with Crippen molar-refractivity contribution in [2.45, 2.75) is 11.9 Å². The maximum Gasteiger partial charge on any atom is 0.417 e. The molecule has 1 amide bonds. The van der Waals surface area contributed by atoms with Crippen LogP contribution >= 0.6 is 23.4 Å². The Kier molecular flexibility index (Phi) is 6.34. The van der Waals surface area contributed by atoms with Gasteiger partial charge in [0.25, 0.3) is 0 Å². The van der Waals surface area contributed by atoms with Crippen LogP contribution in [0.15, 0.2) is 42.5 Å². The van der Waals surface area contributed by atoms with E-state index in [1.165, 1.54) is 17.8 Å². The zero-order valence-corrected chi connectivity index (χ0v) is 14.3. The van der Waals surface area contributed by atoms with E-state index in [2.05, 4.69) is 11.4 Å². The molecular formula is C17H12ClF3N2OS. The van der Waals surface area contributed by atoms with Crippen LogP contribution in [0, 0.1) is 11.3 Å². The highest BCUT2D eigenvalue weighted by Gasteiger charge is 2.33. The van der Waals surface area contributed by atoms with Crippen molar-refractivity contribution in [2.24, 2.45) is 0 Å². The molecule has 2 aromatic carbocycles. The molecule has 8 heteroatoms. The van der Waals surface area contributed by atoms with Crippen molar-refractivity contribution in [2.75, 3.05) is 11.1 Å². The lowest BCUT2D eigenvalue weighted by molar-refractivity contribution is -0.137. The van der Waals surface area contributed by atoms with Gasteiger partial charge < -0.3 is 5.32 Å². The second-order valence-corrected chi connectivity index (χ2v) is 6.40. The molecule has 0 aromatic heterocycles. The summed E-state index contributed by atoms with van der Waals surface area (Å²) in [5.41, 5.74) is 0.360. The third kappa shape index (κ3) is 5.41. The maximum atomic E-state index is 12.8. The third-order valence-corrected chi connectivity index (χ3v) is 4.50. The van der Waals surface area contributed by atoms with Gasteiger partial charge in [-0.05, 0) is 29.8 Å². The second-order valence-electron chi connectivity index (χ2n) is 5.00. The molecule has 0 unspecified atom stereocenters. The number of hydrogen-bond acceptors (Lipinski definition) is 3. The van der Waals surface area contributed by atoms with E-state index in [0.717, 1.165) is 17.7 Å². The van der Waals surface area contributed by atoms with E-state index in [-0.39, 0.29) is 11.4 Å². The Morgan fingerprint density at radius 1 is 1.24 bits per heavy atom. The Morgan fingerprint density at radius 2 is 1.96 bits per heavy atom. The van der Waals surface area contributed by atoms with Crippen LogP contribution in [0.1, 0.15) is 16.7 Å². The third-order valence-electron chi connectivity index (χ3n) is 3.18. The van der Waals surface area contributed by atoms with Gasteiger partial charge in [-0.1, -0.05) is 29.8 Å². The molecule has 3 nitrogen and oxygen atoms in total. The van der Waals surface area contributed by atoms with Crippen molar-refractivity contribution in [1.29, 1.82) is 5.26 Å². The smallest absolute Gasteiger partial charge is 0.325 e. The Morgan fingerprint density at radius 3 is 2.64 bits per heavy atom. The average molecular weight is 385 g/mol. The summed E-state index contributed by atoms with van der Waals surface area (Å²) in [7, 11) is 0. The molecule has 0 spiro atoms. The van der Waals surface area contributed by atoms with Crippen LogP contribution in [0.3, 0.4) is 0 Å². The number of carbonyl (C=O) groups is 1. The van der Waals surface area contributed by atoms with Gasteiger partial charge in [0.1, 0.15) is 0 Å². The van der Waals surface area contributed by atoms with Crippen molar-refractivity contribution < 1.29 is 18.0 Å². The first kappa shape index (κ1) is 19.2. The molecule has 25 heavy (non-hydrogen) atoms. The SMILES string of the molecule is N#Cc1ccccc1CSCC(=O)Nc1ccc(Cl)c(C(F)(F)F)c1. The number of halogens is 4. The van der Waals surface area contributed by atoms with Gasteiger partial charge in [0.15, 0.2) is 0 Å². The van der Waals surface area contributed by atoms with Crippen LogP contribution in [0.25, 0.3) is 0 Å². The molecule has 0 heterocycles. The fraction of sp³-hybridized carbons (Fsp3) is 0.176. The summed E-state index contributed by atoms with van der Waals surface area (Å²) >= 11 is 6.80. The van der Waals surface area contributed by atoms with Crippen LogP contribution in [0.4, 0.5) is 18.9 Å². The number of anilines is 1. The lowest BCUT2D eigenvalue weighted by Gasteiger charge is -2.11. The Bertz CT molecular complexity index is 818. The molecule has 0 bridgehead atoms. The quantitative estimate of drug-likeness (QED) is 0.780. The molecule has 130 valence electrons. The fourth-order valence-electron chi connectivity index (χ4n) is 2.03. The highest BCUT2D eigenvalue weighted by molar-refractivity contribution is 7.99. The molecule has 0 aliphatic carbocycles. The number of hydrogen-bond donors (Lipinski definition) is 1. The van der Waals surface area contributed by atoms with Gasteiger partial charge in [0, 0.05) is 11.4 Å². The first-order valence-electron chi connectivity index (χ1n) is 7.03. The number of nitriles is 1. The summed E-state index contributed by atoms with van der Waals surface area (Å²) in [5, 5.41) is 11.0. The monoisotopic (exact) mass is 384 g/mol. The molecule has 0 saturated carbocycles. The maximum absolute atomic E-state index is 12.8. The zero-order chi connectivity index (χ0) is 18.4. The number of alkyl halides is 3. The molecule has 0 saturated heterocycles. The molecule has 0 atom stereocenters. The Labute approximate surface area is 151 Å². The average Bonchev–Trinajstić information content (AvgIpc) is 2.56. The van der Waals surface area contributed by atoms with E-state index in [9.17, 15) is 18.0 Å². The number of carbonyl (C=O) groups excluding carboxylic acids is 1. The predicted molar refractivity (Wildman–Crippen MR) is 92.4 cm³/mol. The predicted octanol–water partition coefficient (Wildman–Crippen LogP) is 5.10.